The van der Waals surface area contributed by atoms with Gasteiger partial charge >= 0.3 is 0 Å². The number of aromatic nitrogens is 1. The molecule has 0 radical (unpaired) electrons. The number of carbonyl (C=O) groups is 2. The van der Waals surface area contributed by atoms with Gasteiger partial charge in [0.25, 0.3) is 5.91 Å². The zero-order valence-electron chi connectivity index (χ0n) is 19.7. The summed E-state index contributed by atoms with van der Waals surface area (Å²) < 4.78 is 17.6. The van der Waals surface area contributed by atoms with Crippen LogP contribution in [-0.4, -0.2) is 41.7 Å². The molecule has 1 saturated heterocycles. The second-order valence-corrected chi connectivity index (χ2v) is 8.85. The lowest BCUT2D eigenvalue weighted by Gasteiger charge is -2.37. The Morgan fingerprint density at radius 3 is 2.29 bits per heavy atom. The fraction of sp³-hybridized carbons (Fsp3) is 0.370. The SMILES string of the molecule is CC(=O)C(Cc1ccccc1)NC(=O)C1(C)OCC(Cc2nc(-c3ccccc3)oc2C)CO1. The lowest BCUT2D eigenvalue weighted by atomic mass is 10.0. The highest BCUT2D eigenvalue weighted by Gasteiger charge is 2.41. The Balaban J connectivity index is 1.34. The van der Waals surface area contributed by atoms with Crippen molar-refractivity contribution >= 4 is 11.7 Å². The molecule has 1 aromatic heterocycles. The van der Waals surface area contributed by atoms with Crippen molar-refractivity contribution in [3.63, 3.8) is 0 Å². The second kappa shape index (κ2) is 10.3. The van der Waals surface area contributed by atoms with Crippen LogP contribution in [0.2, 0.25) is 0 Å². The van der Waals surface area contributed by atoms with E-state index in [0.29, 0.717) is 31.9 Å². The van der Waals surface area contributed by atoms with Crippen LogP contribution in [0.1, 0.15) is 30.9 Å². The number of nitrogens with zero attached hydrogens (tertiary/aromatic N) is 1. The summed E-state index contributed by atoms with van der Waals surface area (Å²) in [6, 6.07) is 18.7. The molecule has 1 atom stereocenters. The molecule has 1 amide bonds. The number of carbonyl (C=O) groups excluding carboxylic acids is 2. The molecule has 1 fully saturated rings. The molecule has 34 heavy (non-hydrogen) atoms. The lowest BCUT2D eigenvalue weighted by molar-refractivity contribution is -0.260. The van der Waals surface area contributed by atoms with E-state index in [-0.39, 0.29) is 11.7 Å². The molecule has 1 aliphatic heterocycles. The molecule has 3 aromatic rings. The molecule has 2 aromatic carbocycles. The maximum atomic E-state index is 13.0. The first-order chi connectivity index (χ1) is 16.3. The van der Waals surface area contributed by atoms with Crippen LogP contribution in [0.25, 0.3) is 11.5 Å². The van der Waals surface area contributed by atoms with E-state index in [2.05, 4.69) is 10.3 Å². The van der Waals surface area contributed by atoms with E-state index in [9.17, 15) is 9.59 Å². The summed E-state index contributed by atoms with van der Waals surface area (Å²) in [7, 11) is 0. The molecule has 1 N–H and O–H groups in total. The zero-order chi connectivity index (χ0) is 24.1. The van der Waals surface area contributed by atoms with Gasteiger partial charge < -0.3 is 19.2 Å². The van der Waals surface area contributed by atoms with E-state index in [1.165, 1.54) is 6.92 Å². The largest absolute Gasteiger partial charge is 0.441 e. The molecule has 1 unspecified atom stereocenters. The summed E-state index contributed by atoms with van der Waals surface area (Å²) >= 11 is 0. The maximum Gasteiger partial charge on any atom is 0.280 e. The van der Waals surface area contributed by atoms with Gasteiger partial charge in [-0.15, -0.1) is 0 Å². The average Bonchev–Trinajstić information content (AvgIpc) is 3.21. The predicted molar refractivity (Wildman–Crippen MR) is 127 cm³/mol. The predicted octanol–water partition coefficient (Wildman–Crippen LogP) is 3.89. The third-order valence-corrected chi connectivity index (χ3v) is 6.08. The van der Waals surface area contributed by atoms with Gasteiger partial charge in [-0.1, -0.05) is 48.5 Å². The fourth-order valence-electron chi connectivity index (χ4n) is 3.92. The molecule has 7 heteroatoms. The van der Waals surface area contributed by atoms with Crippen LogP contribution in [0, 0.1) is 12.8 Å². The van der Waals surface area contributed by atoms with E-state index in [4.69, 9.17) is 13.9 Å². The molecule has 4 rings (SSSR count). The summed E-state index contributed by atoms with van der Waals surface area (Å²) in [6.45, 7) is 5.62. The van der Waals surface area contributed by atoms with Crippen molar-refractivity contribution < 1.29 is 23.5 Å². The molecule has 178 valence electrons. The van der Waals surface area contributed by atoms with Crippen LogP contribution in [0.3, 0.4) is 0 Å². The summed E-state index contributed by atoms with van der Waals surface area (Å²) in [5.41, 5.74) is 2.74. The summed E-state index contributed by atoms with van der Waals surface area (Å²) in [4.78, 5) is 29.8. The minimum absolute atomic E-state index is 0.0289. The van der Waals surface area contributed by atoms with Crippen LogP contribution in [0.4, 0.5) is 0 Å². The Bertz CT molecular complexity index is 1120. The number of amides is 1. The third kappa shape index (κ3) is 5.61. The van der Waals surface area contributed by atoms with Gasteiger partial charge in [0.15, 0.2) is 5.78 Å². The van der Waals surface area contributed by atoms with E-state index >= 15 is 0 Å². The van der Waals surface area contributed by atoms with Gasteiger partial charge in [0, 0.05) is 17.9 Å². The van der Waals surface area contributed by atoms with Crippen molar-refractivity contribution in [3.05, 3.63) is 77.7 Å². The quantitative estimate of drug-likeness (QED) is 0.546. The number of benzene rings is 2. The normalized spacial score (nSPS) is 21.1. The highest BCUT2D eigenvalue weighted by atomic mass is 16.7. The van der Waals surface area contributed by atoms with E-state index in [0.717, 1.165) is 22.6 Å². The van der Waals surface area contributed by atoms with Gasteiger partial charge in [-0.2, -0.15) is 0 Å². The molecular weight excluding hydrogens is 432 g/mol. The van der Waals surface area contributed by atoms with E-state index in [1.807, 2.05) is 67.6 Å². The van der Waals surface area contributed by atoms with Crippen molar-refractivity contribution in [3.8, 4) is 11.5 Å². The van der Waals surface area contributed by atoms with Crippen molar-refractivity contribution in [2.45, 2.75) is 45.4 Å². The lowest BCUT2D eigenvalue weighted by Crippen LogP contribution is -2.56. The van der Waals surface area contributed by atoms with Crippen molar-refractivity contribution in [2.75, 3.05) is 13.2 Å². The molecular formula is C27H30N2O5. The van der Waals surface area contributed by atoms with E-state index in [1.54, 1.807) is 6.92 Å². The third-order valence-electron chi connectivity index (χ3n) is 6.08. The Morgan fingerprint density at radius 2 is 1.68 bits per heavy atom. The zero-order valence-corrected chi connectivity index (χ0v) is 19.7. The van der Waals surface area contributed by atoms with Crippen molar-refractivity contribution in [2.24, 2.45) is 5.92 Å². The standard InChI is InChI=1S/C27H30N2O5/c1-18(30)23(14-20-10-6-4-7-11-20)29-26(31)27(3)32-16-21(17-33-27)15-24-19(2)34-25(28-24)22-12-8-5-9-13-22/h4-13,21,23H,14-17H2,1-3H3,(H,29,31). The number of rotatable bonds is 8. The summed E-state index contributed by atoms with van der Waals surface area (Å²) in [5.74, 6) is -0.647. The number of ether oxygens (including phenoxy) is 2. The number of nitrogens with one attached hydrogen (secondary N) is 1. The number of oxazole rings is 1. The van der Waals surface area contributed by atoms with Crippen LogP contribution >= 0.6 is 0 Å². The minimum Gasteiger partial charge on any atom is -0.441 e. The smallest absolute Gasteiger partial charge is 0.280 e. The molecule has 0 bridgehead atoms. The Morgan fingerprint density at radius 1 is 1.06 bits per heavy atom. The van der Waals surface area contributed by atoms with Gasteiger partial charge in [-0.3, -0.25) is 9.59 Å². The number of aryl methyl sites for hydroxylation is 1. The number of hydrogen-bond donors (Lipinski definition) is 1. The first kappa shape index (κ1) is 23.9. The van der Waals surface area contributed by atoms with Crippen molar-refractivity contribution in [1.29, 1.82) is 0 Å². The first-order valence-electron chi connectivity index (χ1n) is 11.5. The maximum absolute atomic E-state index is 13.0. The number of Topliss-reactive ketones (excluding diaryl/α,β-unsaturated/α-hetero) is 1. The average molecular weight is 463 g/mol. The molecule has 2 heterocycles. The summed E-state index contributed by atoms with van der Waals surface area (Å²) in [5, 5.41) is 2.80. The van der Waals surface area contributed by atoms with Crippen LogP contribution in [-0.2, 0) is 31.9 Å². The van der Waals surface area contributed by atoms with Crippen molar-refractivity contribution in [1.82, 2.24) is 10.3 Å². The topological polar surface area (TPSA) is 90.7 Å². The molecule has 0 spiro atoms. The minimum atomic E-state index is -1.45. The van der Waals surface area contributed by atoms with Gasteiger partial charge in [-0.05, 0) is 44.9 Å². The Hall–Kier alpha value is -3.29. The van der Waals surface area contributed by atoms with E-state index < -0.39 is 17.7 Å². The molecule has 0 aliphatic carbocycles. The molecule has 0 saturated carbocycles. The second-order valence-electron chi connectivity index (χ2n) is 8.85. The van der Waals surface area contributed by atoms with Crippen LogP contribution in [0.5, 0.6) is 0 Å². The molecule has 7 nitrogen and oxygen atoms in total. The summed E-state index contributed by atoms with van der Waals surface area (Å²) in [6.07, 6.45) is 1.03. The van der Waals surface area contributed by atoms with Gasteiger partial charge in [0.1, 0.15) is 5.76 Å². The highest BCUT2D eigenvalue weighted by Crippen LogP contribution is 2.27. The molecule has 1 aliphatic rings. The number of ketones is 1. The van der Waals surface area contributed by atoms with Gasteiger partial charge in [0.2, 0.25) is 11.7 Å². The Labute approximate surface area is 199 Å². The highest BCUT2D eigenvalue weighted by molar-refractivity contribution is 5.90. The van der Waals surface area contributed by atoms with Crippen LogP contribution < -0.4 is 5.32 Å². The van der Waals surface area contributed by atoms with Gasteiger partial charge in [-0.25, -0.2) is 4.98 Å². The van der Waals surface area contributed by atoms with Gasteiger partial charge in [0.05, 0.1) is 24.9 Å². The fourth-order valence-corrected chi connectivity index (χ4v) is 3.92. The van der Waals surface area contributed by atoms with Crippen LogP contribution in [0.15, 0.2) is 65.1 Å². The Kier molecular flexibility index (Phi) is 7.24. The first-order valence-corrected chi connectivity index (χ1v) is 11.5. The number of hydrogen-bond acceptors (Lipinski definition) is 6. The monoisotopic (exact) mass is 462 g/mol.